The number of rotatable bonds is 9. The molecule has 0 bridgehead atoms. The molecule has 4 aliphatic rings. The predicted octanol–water partition coefficient (Wildman–Crippen LogP) is 6.13. The molecule has 0 radical (unpaired) electrons. The van der Waals surface area contributed by atoms with Crippen molar-refractivity contribution in [2.24, 2.45) is 11.8 Å². The summed E-state index contributed by atoms with van der Waals surface area (Å²) in [6.45, 7) is 4.50. The highest BCUT2D eigenvalue weighted by Crippen LogP contribution is 2.39. The Kier molecular flexibility index (Phi) is 8.35. The van der Waals surface area contributed by atoms with Gasteiger partial charge in [0.1, 0.15) is 11.9 Å². The second kappa shape index (κ2) is 12.1. The molecular weight excluding hydrogens is 491 g/mol. The van der Waals surface area contributed by atoms with Crippen LogP contribution in [0.5, 0.6) is 0 Å². The number of aliphatic carboxylic acids is 1. The van der Waals surface area contributed by atoms with Crippen LogP contribution >= 0.6 is 0 Å². The third-order valence-electron chi connectivity index (χ3n) is 10.4. The van der Waals surface area contributed by atoms with Gasteiger partial charge < -0.3 is 10.0 Å². The van der Waals surface area contributed by atoms with Gasteiger partial charge in [0.25, 0.3) is 0 Å². The number of piperidine rings is 1. The quantitative estimate of drug-likeness (QED) is 0.403. The lowest BCUT2D eigenvalue weighted by Crippen LogP contribution is -2.43. The van der Waals surface area contributed by atoms with Gasteiger partial charge in [-0.1, -0.05) is 50.7 Å². The first kappa shape index (κ1) is 26.9. The fraction of sp³-hybridized carbons (Fsp3) is 0.688. The minimum absolute atomic E-state index is 0.160. The van der Waals surface area contributed by atoms with Crippen LogP contribution in [0, 0.1) is 17.7 Å². The van der Waals surface area contributed by atoms with Crippen molar-refractivity contribution in [1.29, 1.82) is 0 Å². The van der Waals surface area contributed by atoms with Gasteiger partial charge in [-0.3, -0.25) is 14.8 Å². The zero-order valence-electron chi connectivity index (χ0n) is 23.2. The van der Waals surface area contributed by atoms with Gasteiger partial charge in [-0.05, 0) is 80.8 Å². The Bertz CT molecular complexity index is 1100. The fourth-order valence-corrected chi connectivity index (χ4v) is 7.84. The Morgan fingerprint density at radius 1 is 1.00 bits per heavy atom. The van der Waals surface area contributed by atoms with E-state index in [2.05, 4.69) is 21.0 Å². The maximum absolute atomic E-state index is 14.2. The Morgan fingerprint density at radius 3 is 2.49 bits per heavy atom. The summed E-state index contributed by atoms with van der Waals surface area (Å²) in [6, 6.07) is 8.91. The van der Waals surface area contributed by atoms with E-state index < -0.39 is 12.0 Å². The highest BCUT2D eigenvalue weighted by atomic mass is 19.1. The molecule has 39 heavy (non-hydrogen) atoms. The molecule has 0 amide bonds. The number of benzene rings is 1. The smallest absolute Gasteiger partial charge is 0.320 e. The van der Waals surface area contributed by atoms with E-state index >= 15 is 0 Å². The minimum atomic E-state index is -0.700. The van der Waals surface area contributed by atoms with Crippen molar-refractivity contribution in [3.8, 4) is 0 Å². The van der Waals surface area contributed by atoms with Crippen LogP contribution in [-0.4, -0.2) is 69.8 Å². The van der Waals surface area contributed by atoms with Gasteiger partial charge in [-0.2, -0.15) is 5.10 Å². The molecule has 7 heteroatoms. The van der Waals surface area contributed by atoms with Gasteiger partial charge >= 0.3 is 5.97 Å². The van der Waals surface area contributed by atoms with Gasteiger partial charge in [0, 0.05) is 43.1 Å². The molecule has 1 aromatic heterocycles. The van der Waals surface area contributed by atoms with Crippen molar-refractivity contribution in [2.45, 2.75) is 94.4 Å². The molecule has 2 aliphatic carbocycles. The van der Waals surface area contributed by atoms with Crippen molar-refractivity contribution < 1.29 is 14.3 Å². The molecule has 2 saturated carbocycles. The van der Waals surface area contributed by atoms with Crippen molar-refractivity contribution in [2.75, 3.05) is 32.7 Å². The number of nitrogens with zero attached hydrogens (tertiary/aromatic N) is 3. The number of hydrogen-bond acceptors (Lipinski definition) is 4. The highest BCUT2D eigenvalue weighted by molar-refractivity contribution is 5.73. The highest BCUT2D eigenvalue weighted by Gasteiger charge is 2.41. The number of halogens is 1. The van der Waals surface area contributed by atoms with Crippen LogP contribution in [0.15, 0.2) is 30.3 Å². The molecule has 3 heterocycles. The van der Waals surface area contributed by atoms with E-state index in [1.807, 2.05) is 6.07 Å². The molecule has 6 nitrogen and oxygen atoms in total. The van der Waals surface area contributed by atoms with Crippen LogP contribution in [0.1, 0.15) is 105 Å². The average Bonchev–Trinajstić information content (AvgIpc) is 3.57. The van der Waals surface area contributed by atoms with Crippen molar-refractivity contribution >= 4 is 5.97 Å². The molecule has 3 atom stereocenters. The summed E-state index contributed by atoms with van der Waals surface area (Å²) in [7, 11) is 0. The Balaban J connectivity index is 1.10. The topological polar surface area (TPSA) is 72.5 Å². The van der Waals surface area contributed by atoms with Gasteiger partial charge in [0.2, 0.25) is 0 Å². The molecule has 4 fully saturated rings. The third-order valence-corrected chi connectivity index (χ3v) is 10.4. The van der Waals surface area contributed by atoms with Crippen LogP contribution in [0.3, 0.4) is 0 Å². The standard InChI is InChI=1S/C32H45FN4O2/c33-27-11-5-10-25(17-27)28-21-37(31(32(38)39)16-22-6-4-7-22)20-26(28)19-36-14-12-24(13-15-36)30-18-29(34-35-30)23-8-2-1-3-9-23/h5,10-11,17-18,22-24,26,28,31H,1-4,6-9,12-16,19-21H2,(H,34,35)(H,38,39)/t26-,28+,31+/m0/s1. The lowest BCUT2D eigenvalue weighted by atomic mass is 9.80. The van der Waals surface area contributed by atoms with Gasteiger partial charge in [-0.15, -0.1) is 0 Å². The lowest BCUT2D eigenvalue weighted by molar-refractivity contribution is -0.144. The Labute approximate surface area is 232 Å². The van der Waals surface area contributed by atoms with Crippen molar-refractivity contribution in [1.82, 2.24) is 20.0 Å². The SMILES string of the molecule is O=C(O)[C@@H](CC1CCC1)N1C[C@H](CN2CCC(c3cc(C4CCCCC4)n[nH]3)CC2)[C@@H](c2cccc(F)c2)C1. The number of carboxylic acids is 1. The lowest BCUT2D eigenvalue weighted by Gasteiger charge is -2.34. The minimum Gasteiger partial charge on any atom is -0.480 e. The van der Waals surface area contributed by atoms with E-state index in [-0.39, 0.29) is 11.7 Å². The zero-order valence-corrected chi connectivity index (χ0v) is 23.2. The summed E-state index contributed by atoms with van der Waals surface area (Å²) >= 11 is 0. The van der Waals surface area contributed by atoms with Crippen molar-refractivity contribution in [3.05, 3.63) is 53.1 Å². The molecule has 2 saturated heterocycles. The second-order valence-electron chi connectivity index (χ2n) is 12.9. The van der Waals surface area contributed by atoms with Gasteiger partial charge in [0.15, 0.2) is 0 Å². The molecule has 2 aliphatic heterocycles. The van der Waals surface area contributed by atoms with Crippen molar-refractivity contribution in [3.63, 3.8) is 0 Å². The summed E-state index contributed by atoms with van der Waals surface area (Å²) in [4.78, 5) is 17.1. The zero-order chi connectivity index (χ0) is 26.8. The Hall–Kier alpha value is -2.25. The predicted molar refractivity (Wildman–Crippen MR) is 150 cm³/mol. The summed E-state index contributed by atoms with van der Waals surface area (Å²) in [5.41, 5.74) is 3.59. The largest absolute Gasteiger partial charge is 0.480 e. The van der Waals surface area contributed by atoms with Crippen LogP contribution in [0.2, 0.25) is 0 Å². The van der Waals surface area contributed by atoms with Gasteiger partial charge in [0.05, 0.1) is 5.69 Å². The van der Waals surface area contributed by atoms with E-state index in [0.717, 1.165) is 63.8 Å². The van der Waals surface area contributed by atoms with E-state index in [4.69, 9.17) is 5.10 Å². The van der Waals surface area contributed by atoms with E-state index in [9.17, 15) is 14.3 Å². The number of H-pyrrole nitrogens is 1. The third kappa shape index (κ3) is 6.25. The number of likely N-dealkylation sites (tertiary alicyclic amines) is 2. The van der Waals surface area contributed by atoms with E-state index in [1.165, 1.54) is 56.0 Å². The fourth-order valence-electron chi connectivity index (χ4n) is 7.84. The number of carbonyl (C=O) groups is 1. The average molecular weight is 537 g/mol. The summed E-state index contributed by atoms with van der Waals surface area (Å²) < 4.78 is 14.2. The number of carboxylic acid groups (broad SMARTS) is 1. The number of nitrogens with one attached hydrogen (secondary N) is 1. The number of aromatic amines is 1. The summed E-state index contributed by atoms with van der Waals surface area (Å²) in [6.07, 6.45) is 13.1. The molecular formula is C32H45FN4O2. The summed E-state index contributed by atoms with van der Waals surface area (Å²) in [5.74, 6) is 1.26. The molecule has 0 spiro atoms. The van der Waals surface area contributed by atoms with Crippen LogP contribution < -0.4 is 0 Å². The first-order valence-electron chi connectivity index (χ1n) is 15.5. The molecule has 212 valence electrons. The summed E-state index contributed by atoms with van der Waals surface area (Å²) in [5, 5.41) is 18.2. The number of hydrogen-bond donors (Lipinski definition) is 2. The molecule has 1 aromatic carbocycles. The molecule has 2 aromatic rings. The molecule has 0 unspecified atom stereocenters. The molecule has 6 rings (SSSR count). The first-order chi connectivity index (χ1) is 19.0. The number of aromatic nitrogens is 2. The van der Waals surface area contributed by atoms with Gasteiger partial charge in [-0.25, -0.2) is 4.39 Å². The normalized spacial score (nSPS) is 27.0. The Morgan fingerprint density at radius 2 is 1.79 bits per heavy atom. The van der Waals surface area contributed by atoms with E-state index in [0.29, 0.717) is 30.2 Å². The maximum atomic E-state index is 14.2. The monoisotopic (exact) mass is 536 g/mol. The first-order valence-corrected chi connectivity index (χ1v) is 15.5. The van der Waals surface area contributed by atoms with Crippen LogP contribution in [-0.2, 0) is 4.79 Å². The molecule has 2 N–H and O–H groups in total. The maximum Gasteiger partial charge on any atom is 0.320 e. The second-order valence-corrected chi connectivity index (χ2v) is 12.9. The van der Waals surface area contributed by atoms with E-state index in [1.54, 1.807) is 12.1 Å². The van der Waals surface area contributed by atoms with Crippen LogP contribution in [0.4, 0.5) is 4.39 Å². The van der Waals surface area contributed by atoms with Crippen LogP contribution in [0.25, 0.3) is 0 Å².